The molecule has 0 saturated heterocycles. The van der Waals surface area contributed by atoms with Crippen LogP contribution in [0.1, 0.15) is 18.9 Å². The second-order valence-corrected chi connectivity index (χ2v) is 4.36. The van der Waals surface area contributed by atoms with Crippen molar-refractivity contribution in [2.75, 3.05) is 13.1 Å². The van der Waals surface area contributed by atoms with Crippen LogP contribution < -0.4 is 5.73 Å². The molecule has 1 rings (SSSR count). The molecule has 0 fully saturated rings. The van der Waals surface area contributed by atoms with Crippen LogP contribution in [0.3, 0.4) is 0 Å². The van der Waals surface area contributed by atoms with E-state index in [1.165, 1.54) is 0 Å². The van der Waals surface area contributed by atoms with E-state index >= 15 is 0 Å². The number of aromatic nitrogens is 1. The SMILES string of the molecule is CCN(CCc1nccs1)C(=O)C(C)N. The second kappa shape index (κ2) is 5.82. The molecule has 1 unspecified atom stereocenters. The van der Waals surface area contributed by atoms with E-state index in [9.17, 15) is 4.79 Å². The summed E-state index contributed by atoms with van der Waals surface area (Å²) < 4.78 is 0. The van der Waals surface area contributed by atoms with Crippen LogP contribution in [-0.2, 0) is 11.2 Å². The topological polar surface area (TPSA) is 59.2 Å². The van der Waals surface area contributed by atoms with Crippen molar-refractivity contribution < 1.29 is 4.79 Å². The summed E-state index contributed by atoms with van der Waals surface area (Å²) in [5.41, 5.74) is 5.56. The van der Waals surface area contributed by atoms with E-state index in [0.717, 1.165) is 11.4 Å². The van der Waals surface area contributed by atoms with Gasteiger partial charge in [-0.1, -0.05) is 0 Å². The fourth-order valence-corrected chi connectivity index (χ4v) is 1.93. The molecular weight excluding hydrogens is 210 g/mol. The molecule has 15 heavy (non-hydrogen) atoms. The Labute approximate surface area is 94.1 Å². The minimum atomic E-state index is -0.416. The van der Waals surface area contributed by atoms with Crippen LogP contribution in [0.5, 0.6) is 0 Å². The van der Waals surface area contributed by atoms with Crippen molar-refractivity contribution in [3.63, 3.8) is 0 Å². The largest absolute Gasteiger partial charge is 0.341 e. The van der Waals surface area contributed by atoms with Gasteiger partial charge in [0, 0.05) is 31.1 Å². The predicted octanol–water partition coefficient (Wildman–Crippen LogP) is 0.881. The molecule has 0 aliphatic rings. The smallest absolute Gasteiger partial charge is 0.239 e. The van der Waals surface area contributed by atoms with E-state index in [0.29, 0.717) is 13.1 Å². The Hall–Kier alpha value is -0.940. The first-order valence-electron chi connectivity index (χ1n) is 5.08. The summed E-state index contributed by atoms with van der Waals surface area (Å²) in [5.74, 6) is 0.00839. The number of hydrogen-bond donors (Lipinski definition) is 1. The van der Waals surface area contributed by atoms with Crippen LogP contribution in [0, 0.1) is 0 Å². The van der Waals surface area contributed by atoms with Crippen LogP contribution in [0.2, 0.25) is 0 Å². The normalized spacial score (nSPS) is 12.5. The third-order valence-electron chi connectivity index (χ3n) is 2.16. The molecule has 1 amide bonds. The van der Waals surface area contributed by atoms with E-state index in [1.807, 2.05) is 12.3 Å². The van der Waals surface area contributed by atoms with Gasteiger partial charge >= 0.3 is 0 Å². The van der Waals surface area contributed by atoms with E-state index < -0.39 is 6.04 Å². The molecule has 0 spiro atoms. The number of nitrogens with two attached hydrogens (primary N) is 1. The molecule has 4 nitrogen and oxygen atoms in total. The monoisotopic (exact) mass is 227 g/mol. The predicted molar refractivity (Wildman–Crippen MR) is 61.7 cm³/mol. The van der Waals surface area contributed by atoms with Gasteiger partial charge in [-0.15, -0.1) is 11.3 Å². The zero-order chi connectivity index (χ0) is 11.3. The zero-order valence-corrected chi connectivity index (χ0v) is 9.96. The molecule has 0 bridgehead atoms. The van der Waals surface area contributed by atoms with Crippen LogP contribution in [-0.4, -0.2) is 34.9 Å². The molecule has 0 radical (unpaired) electrons. The van der Waals surface area contributed by atoms with Gasteiger partial charge in [-0.2, -0.15) is 0 Å². The van der Waals surface area contributed by atoms with Gasteiger partial charge < -0.3 is 10.6 Å². The van der Waals surface area contributed by atoms with Crippen molar-refractivity contribution in [1.29, 1.82) is 0 Å². The van der Waals surface area contributed by atoms with E-state index in [-0.39, 0.29) is 5.91 Å². The van der Waals surface area contributed by atoms with Crippen molar-refractivity contribution >= 4 is 17.2 Å². The highest BCUT2D eigenvalue weighted by atomic mass is 32.1. The Morgan fingerprint density at radius 3 is 2.93 bits per heavy atom. The molecule has 0 aliphatic carbocycles. The fraction of sp³-hybridized carbons (Fsp3) is 0.600. The molecule has 1 atom stereocenters. The number of rotatable bonds is 5. The molecule has 1 heterocycles. The standard InChI is InChI=1S/C10H17N3OS/c1-3-13(10(14)8(2)11)6-4-9-12-5-7-15-9/h5,7-8H,3-4,6,11H2,1-2H3. The number of carbonyl (C=O) groups is 1. The van der Waals surface area contributed by atoms with Crippen molar-refractivity contribution in [2.45, 2.75) is 26.3 Å². The van der Waals surface area contributed by atoms with Crippen molar-refractivity contribution in [3.05, 3.63) is 16.6 Å². The van der Waals surface area contributed by atoms with Crippen molar-refractivity contribution in [1.82, 2.24) is 9.88 Å². The Morgan fingerprint density at radius 1 is 1.73 bits per heavy atom. The summed E-state index contributed by atoms with van der Waals surface area (Å²) in [6.45, 7) is 5.08. The fourth-order valence-electron chi connectivity index (χ4n) is 1.32. The molecule has 5 heteroatoms. The third kappa shape index (κ3) is 3.60. The summed E-state index contributed by atoms with van der Waals surface area (Å²) in [6, 6.07) is -0.416. The summed E-state index contributed by atoms with van der Waals surface area (Å²) in [4.78, 5) is 17.6. The molecule has 0 aromatic carbocycles. The van der Waals surface area contributed by atoms with Crippen molar-refractivity contribution in [3.8, 4) is 0 Å². The highest BCUT2D eigenvalue weighted by molar-refractivity contribution is 7.09. The maximum atomic E-state index is 11.6. The lowest BCUT2D eigenvalue weighted by atomic mass is 10.3. The summed E-state index contributed by atoms with van der Waals surface area (Å²) in [5, 5.41) is 3.00. The number of nitrogens with zero attached hydrogens (tertiary/aromatic N) is 2. The molecule has 1 aromatic heterocycles. The van der Waals surface area contributed by atoms with Gasteiger partial charge in [0.2, 0.25) is 5.91 Å². The quantitative estimate of drug-likeness (QED) is 0.812. The molecular formula is C10H17N3OS. The minimum absolute atomic E-state index is 0.00839. The Balaban J connectivity index is 2.44. The summed E-state index contributed by atoms with van der Waals surface area (Å²) >= 11 is 1.62. The van der Waals surface area contributed by atoms with Crippen LogP contribution in [0.4, 0.5) is 0 Å². The number of carbonyl (C=O) groups excluding carboxylic acids is 1. The first-order valence-corrected chi connectivity index (χ1v) is 5.95. The first kappa shape index (κ1) is 12.1. The average Bonchev–Trinajstić information content (AvgIpc) is 2.71. The third-order valence-corrected chi connectivity index (χ3v) is 3.00. The first-order chi connectivity index (χ1) is 7.15. The van der Waals surface area contributed by atoms with Gasteiger partial charge in [-0.3, -0.25) is 4.79 Å². The lowest BCUT2D eigenvalue weighted by Crippen LogP contribution is -2.42. The van der Waals surface area contributed by atoms with Gasteiger partial charge in [0.1, 0.15) is 0 Å². The molecule has 2 N–H and O–H groups in total. The van der Waals surface area contributed by atoms with E-state index in [4.69, 9.17) is 5.73 Å². The van der Waals surface area contributed by atoms with Crippen LogP contribution in [0.15, 0.2) is 11.6 Å². The Morgan fingerprint density at radius 2 is 2.47 bits per heavy atom. The van der Waals surface area contributed by atoms with Crippen molar-refractivity contribution in [2.24, 2.45) is 5.73 Å². The zero-order valence-electron chi connectivity index (χ0n) is 9.14. The second-order valence-electron chi connectivity index (χ2n) is 3.38. The number of thiazole rings is 1. The maximum absolute atomic E-state index is 11.6. The lowest BCUT2D eigenvalue weighted by Gasteiger charge is -2.22. The van der Waals surface area contributed by atoms with Gasteiger partial charge in [0.05, 0.1) is 11.0 Å². The Bertz CT molecular complexity index is 298. The average molecular weight is 227 g/mol. The molecule has 1 aromatic rings. The van der Waals surface area contributed by atoms with Crippen LogP contribution >= 0.6 is 11.3 Å². The minimum Gasteiger partial charge on any atom is -0.341 e. The van der Waals surface area contributed by atoms with Crippen LogP contribution in [0.25, 0.3) is 0 Å². The molecule has 0 saturated carbocycles. The van der Waals surface area contributed by atoms with E-state index in [1.54, 1.807) is 29.4 Å². The maximum Gasteiger partial charge on any atom is 0.239 e. The van der Waals surface area contributed by atoms with Gasteiger partial charge in [-0.05, 0) is 13.8 Å². The molecule has 84 valence electrons. The molecule has 0 aliphatic heterocycles. The number of likely N-dealkylation sites (N-methyl/N-ethyl adjacent to an activating group) is 1. The summed E-state index contributed by atoms with van der Waals surface area (Å²) in [6.07, 6.45) is 2.59. The van der Waals surface area contributed by atoms with Gasteiger partial charge in [0.25, 0.3) is 0 Å². The van der Waals surface area contributed by atoms with Gasteiger partial charge in [-0.25, -0.2) is 4.98 Å². The highest BCUT2D eigenvalue weighted by Gasteiger charge is 2.15. The number of amides is 1. The van der Waals surface area contributed by atoms with E-state index in [2.05, 4.69) is 4.98 Å². The lowest BCUT2D eigenvalue weighted by molar-refractivity contribution is -0.131. The number of hydrogen-bond acceptors (Lipinski definition) is 4. The highest BCUT2D eigenvalue weighted by Crippen LogP contribution is 2.06. The summed E-state index contributed by atoms with van der Waals surface area (Å²) in [7, 11) is 0. The van der Waals surface area contributed by atoms with Gasteiger partial charge in [0.15, 0.2) is 0 Å². The Kier molecular flexibility index (Phi) is 4.71.